The van der Waals surface area contributed by atoms with Gasteiger partial charge in [-0.3, -0.25) is 4.90 Å². The Morgan fingerprint density at radius 2 is 2.35 bits per heavy atom. The van der Waals surface area contributed by atoms with E-state index in [9.17, 15) is 0 Å². The van der Waals surface area contributed by atoms with E-state index >= 15 is 0 Å². The molecule has 2 heterocycles. The second-order valence-electron chi connectivity index (χ2n) is 4.71. The van der Waals surface area contributed by atoms with E-state index in [1.165, 1.54) is 9.35 Å². The maximum absolute atomic E-state index is 5.97. The molecule has 0 bridgehead atoms. The Morgan fingerprint density at radius 3 is 2.88 bits per heavy atom. The average molecular weight is 318 g/mol. The molecule has 0 radical (unpaired) electrons. The summed E-state index contributed by atoms with van der Waals surface area (Å²) < 4.78 is 1.20. The fourth-order valence-electron chi connectivity index (χ4n) is 2.32. The first-order chi connectivity index (χ1) is 8.13. The van der Waals surface area contributed by atoms with Crippen LogP contribution in [0.3, 0.4) is 0 Å². The number of thiophene rings is 1. The number of hydrogen-bond donors (Lipinski definition) is 1. The van der Waals surface area contributed by atoms with Gasteiger partial charge in [-0.1, -0.05) is 0 Å². The van der Waals surface area contributed by atoms with Crippen molar-refractivity contribution >= 4 is 27.3 Å². The number of likely N-dealkylation sites (N-methyl/N-ethyl adjacent to an activating group) is 1. The molecule has 2 N–H and O–H groups in total. The topological polar surface area (TPSA) is 32.5 Å². The molecule has 0 amide bonds. The Bertz CT molecular complexity index is 368. The third-order valence-corrected chi connectivity index (χ3v) is 5.57. The molecule has 1 aliphatic rings. The summed E-state index contributed by atoms with van der Waals surface area (Å²) in [6, 6.07) is 3.08. The van der Waals surface area contributed by atoms with Crippen LogP contribution < -0.4 is 5.73 Å². The minimum Gasteiger partial charge on any atom is -0.329 e. The molecular formula is C12H20BrN3S. The van der Waals surface area contributed by atoms with Gasteiger partial charge in [0.15, 0.2) is 0 Å². The minimum atomic E-state index is 0.362. The van der Waals surface area contributed by atoms with Crippen LogP contribution in [0.4, 0.5) is 0 Å². The van der Waals surface area contributed by atoms with Crippen molar-refractivity contribution in [1.29, 1.82) is 0 Å². The molecule has 2 rings (SSSR count). The van der Waals surface area contributed by atoms with E-state index in [1.54, 1.807) is 11.3 Å². The third-order valence-electron chi connectivity index (χ3n) is 3.60. The third kappa shape index (κ3) is 2.90. The summed E-state index contributed by atoms with van der Waals surface area (Å²) in [5.41, 5.74) is 5.97. The van der Waals surface area contributed by atoms with Crippen LogP contribution in [0.1, 0.15) is 17.8 Å². The molecule has 0 aliphatic carbocycles. The maximum atomic E-state index is 5.97. The van der Waals surface area contributed by atoms with Crippen molar-refractivity contribution < 1.29 is 0 Å². The molecule has 1 aromatic heterocycles. The lowest BCUT2D eigenvalue weighted by atomic mass is 10.1. The number of nitrogens with zero attached hydrogens (tertiary/aromatic N) is 2. The predicted octanol–water partition coefficient (Wildman–Crippen LogP) is 2.15. The van der Waals surface area contributed by atoms with Gasteiger partial charge in [0.2, 0.25) is 0 Å². The quantitative estimate of drug-likeness (QED) is 0.927. The molecule has 17 heavy (non-hydrogen) atoms. The van der Waals surface area contributed by atoms with Gasteiger partial charge in [0.1, 0.15) is 0 Å². The highest BCUT2D eigenvalue weighted by Gasteiger charge is 2.28. The molecule has 0 saturated carbocycles. The van der Waals surface area contributed by atoms with Gasteiger partial charge in [0.25, 0.3) is 0 Å². The fraction of sp³-hybridized carbons (Fsp3) is 0.667. The van der Waals surface area contributed by atoms with Crippen molar-refractivity contribution in [2.75, 3.05) is 33.2 Å². The molecule has 5 heteroatoms. The van der Waals surface area contributed by atoms with Gasteiger partial charge in [0, 0.05) is 41.6 Å². The van der Waals surface area contributed by atoms with Gasteiger partial charge in [-0.15, -0.1) is 11.3 Å². The first-order valence-corrected chi connectivity index (χ1v) is 7.68. The number of nitrogens with two attached hydrogens (primary N) is 1. The molecule has 96 valence electrons. The van der Waals surface area contributed by atoms with Gasteiger partial charge in [-0.05, 0) is 41.3 Å². The van der Waals surface area contributed by atoms with Gasteiger partial charge in [0.05, 0.1) is 6.04 Å². The summed E-state index contributed by atoms with van der Waals surface area (Å²) in [6.45, 7) is 6.30. The zero-order valence-electron chi connectivity index (χ0n) is 10.4. The first kappa shape index (κ1) is 13.5. The molecule has 1 fully saturated rings. The molecule has 1 aliphatic heterocycles. The van der Waals surface area contributed by atoms with Crippen LogP contribution in [0.5, 0.6) is 0 Å². The van der Waals surface area contributed by atoms with Crippen LogP contribution in [0.25, 0.3) is 0 Å². The van der Waals surface area contributed by atoms with Gasteiger partial charge < -0.3 is 10.6 Å². The smallest absolute Gasteiger partial charge is 0.0576 e. The van der Waals surface area contributed by atoms with E-state index in [4.69, 9.17) is 5.73 Å². The van der Waals surface area contributed by atoms with Crippen LogP contribution >= 0.6 is 27.3 Å². The molecular weight excluding hydrogens is 298 g/mol. The molecule has 1 aromatic rings. The van der Waals surface area contributed by atoms with E-state index in [0.717, 1.165) is 19.6 Å². The highest BCUT2D eigenvalue weighted by molar-refractivity contribution is 9.10. The van der Waals surface area contributed by atoms with Gasteiger partial charge in [-0.2, -0.15) is 0 Å². The second-order valence-corrected chi connectivity index (χ2v) is 6.51. The molecule has 0 aromatic carbocycles. The summed E-state index contributed by atoms with van der Waals surface area (Å²) in [7, 11) is 2.19. The summed E-state index contributed by atoms with van der Waals surface area (Å²) in [5.74, 6) is 0. The van der Waals surface area contributed by atoms with Crippen molar-refractivity contribution in [3.05, 3.63) is 20.8 Å². The van der Waals surface area contributed by atoms with Crippen molar-refractivity contribution in [1.82, 2.24) is 9.80 Å². The number of halogens is 1. The van der Waals surface area contributed by atoms with Crippen LogP contribution in [-0.2, 0) is 0 Å². The minimum absolute atomic E-state index is 0.362. The van der Waals surface area contributed by atoms with Crippen molar-refractivity contribution in [2.45, 2.75) is 19.0 Å². The monoisotopic (exact) mass is 317 g/mol. The normalized spacial score (nSPS) is 25.1. The molecule has 3 nitrogen and oxygen atoms in total. The highest BCUT2D eigenvalue weighted by Crippen LogP contribution is 2.33. The van der Waals surface area contributed by atoms with Crippen molar-refractivity contribution in [2.24, 2.45) is 5.73 Å². The Balaban J connectivity index is 2.12. The summed E-state index contributed by atoms with van der Waals surface area (Å²) in [5, 5.41) is 2.13. The fourth-order valence-corrected chi connectivity index (χ4v) is 4.11. The molecule has 2 atom stereocenters. The summed E-state index contributed by atoms with van der Waals surface area (Å²) >= 11 is 5.41. The average Bonchev–Trinajstić information content (AvgIpc) is 2.71. The summed E-state index contributed by atoms with van der Waals surface area (Å²) in [4.78, 5) is 6.29. The van der Waals surface area contributed by atoms with Crippen LogP contribution in [0.15, 0.2) is 15.9 Å². The highest BCUT2D eigenvalue weighted by atomic mass is 79.9. The van der Waals surface area contributed by atoms with E-state index in [1.807, 2.05) is 0 Å². The Morgan fingerprint density at radius 1 is 1.59 bits per heavy atom. The lowest BCUT2D eigenvalue weighted by Crippen LogP contribution is -2.52. The second kappa shape index (κ2) is 5.80. The summed E-state index contributed by atoms with van der Waals surface area (Å²) in [6.07, 6.45) is 0. The number of rotatable bonds is 3. The Kier molecular flexibility index (Phi) is 4.60. The van der Waals surface area contributed by atoms with E-state index in [0.29, 0.717) is 18.6 Å². The molecule has 1 saturated heterocycles. The first-order valence-electron chi connectivity index (χ1n) is 6.00. The van der Waals surface area contributed by atoms with Crippen LogP contribution in [-0.4, -0.2) is 49.1 Å². The SMILES string of the molecule is CC1CN(C(CN)c2sccc2Br)CCN1C. The predicted molar refractivity (Wildman–Crippen MR) is 77.5 cm³/mol. The van der Waals surface area contributed by atoms with Gasteiger partial charge >= 0.3 is 0 Å². The van der Waals surface area contributed by atoms with Crippen molar-refractivity contribution in [3.63, 3.8) is 0 Å². The molecule has 0 spiro atoms. The largest absolute Gasteiger partial charge is 0.329 e. The maximum Gasteiger partial charge on any atom is 0.0576 e. The zero-order valence-corrected chi connectivity index (χ0v) is 12.8. The molecule has 2 unspecified atom stereocenters. The lowest BCUT2D eigenvalue weighted by molar-refractivity contribution is 0.0750. The number of hydrogen-bond acceptors (Lipinski definition) is 4. The van der Waals surface area contributed by atoms with Crippen LogP contribution in [0.2, 0.25) is 0 Å². The van der Waals surface area contributed by atoms with Crippen molar-refractivity contribution in [3.8, 4) is 0 Å². The van der Waals surface area contributed by atoms with E-state index in [-0.39, 0.29) is 0 Å². The zero-order chi connectivity index (χ0) is 12.4. The van der Waals surface area contributed by atoms with Gasteiger partial charge in [-0.25, -0.2) is 0 Å². The van der Waals surface area contributed by atoms with E-state index in [2.05, 4.69) is 51.1 Å². The Labute approximate surface area is 116 Å². The standard InChI is InChI=1S/C12H20BrN3S/c1-9-8-16(5-4-15(9)2)11(7-14)12-10(13)3-6-17-12/h3,6,9,11H,4-5,7-8,14H2,1-2H3. The number of piperazine rings is 1. The Hall–Kier alpha value is 0.0600. The van der Waals surface area contributed by atoms with E-state index < -0.39 is 0 Å². The lowest BCUT2D eigenvalue weighted by Gasteiger charge is -2.41. The van der Waals surface area contributed by atoms with Crippen LogP contribution in [0, 0.1) is 0 Å².